The Morgan fingerprint density at radius 1 is 1.38 bits per heavy atom. The van der Waals surface area contributed by atoms with Crippen molar-refractivity contribution in [2.45, 2.75) is 30.2 Å². The van der Waals surface area contributed by atoms with Crippen LogP contribution >= 0.6 is 0 Å². The van der Waals surface area contributed by atoms with Gasteiger partial charge in [-0.2, -0.15) is 0 Å². The van der Waals surface area contributed by atoms with Crippen LogP contribution in [0.25, 0.3) is 0 Å². The lowest BCUT2D eigenvalue weighted by atomic mass is 10.2. The van der Waals surface area contributed by atoms with E-state index in [2.05, 4.69) is 10.0 Å². The number of amides is 2. The van der Waals surface area contributed by atoms with Gasteiger partial charge in [0.1, 0.15) is 5.75 Å². The zero-order valence-corrected chi connectivity index (χ0v) is 14.1. The van der Waals surface area contributed by atoms with Crippen LogP contribution in [0.3, 0.4) is 0 Å². The van der Waals surface area contributed by atoms with Crippen LogP contribution in [0.2, 0.25) is 0 Å². The fraction of sp³-hybridized carbons (Fsp3) is 0.467. The molecule has 0 saturated heterocycles. The molecule has 2 amide bonds. The van der Waals surface area contributed by atoms with Crippen LogP contribution in [-0.2, 0) is 19.6 Å². The second kappa shape index (κ2) is 6.40. The number of fused-ring (bicyclic) bond motifs is 1. The average molecular weight is 353 g/mol. The largest absolute Gasteiger partial charge is 0.482 e. The van der Waals surface area contributed by atoms with Crippen molar-refractivity contribution in [3.05, 3.63) is 18.2 Å². The lowest BCUT2D eigenvalue weighted by molar-refractivity contribution is -0.121. The highest BCUT2D eigenvalue weighted by Gasteiger charge is 2.26. The van der Waals surface area contributed by atoms with Gasteiger partial charge in [-0.05, 0) is 31.0 Å². The van der Waals surface area contributed by atoms with Gasteiger partial charge in [-0.1, -0.05) is 0 Å². The van der Waals surface area contributed by atoms with Gasteiger partial charge in [0.2, 0.25) is 15.9 Å². The summed E-state index contributed by atoms with van der Waals surface area (Å²) in [5.41, 5.74) is 0.403. The molecule has 1 aromatic carbocycles. The van der Waals surface area contributed by atoms with E-state index in [0.29, 0.717) is 11.4 Å². The number of nitrogens with one attached hydrogen (secondary N) is 2. The predicted molar refractivity (Wildman–Crippen MR) is 86.3 cm³/mol. The number of likely N-dealkylation sites (N-methyl/N-ethyl adjacent to an activating group) is 1. The van der Waals surface area contributed by atoms with E-state index < -0.39 is 10.0 Å². The Labute approximate surface area is 140 Å². The van der Waals surface area contributed by atoms with E-state index in [1.807, 2.05) is 0 Å². The summed E-state index contributed by atoms with van der Waals surface area (Å²) in [4.78, 5) is 24.6. The first-order valence-electron chi connectivity index (χ1n) is 7.69. The molecule has 9 heteroatoms. The summed E-state index contributed by atoms with van der Waals surface area (Å²) in [7, 11) is -2.20. The van der Waals surface area contributed by atoms with Crippen LogP contribution in [0.1, 0.15) is 19.3 Å². The van der Waals surface area contributed by atoms with E-state index in [9.17, 15) is 18.0 Å². The van der Waals surface area contributed by atoms with Crippen LogP contribution in [0.4, 0.5) is 5.69 Å². The van der Waals surface area contributed by atoms with E-state index >= 15 is 0 Å². The molecule has 130 valence electrons. The fourth-order valence-corrected chi connectivity index (χ4v) is 3.38. The van der Waals surface area contributed by atoms with Crippen LogP contribution < -0.4 is 19.7 Å². The summed E-state index contributed by atoms with van der Waals surface area (Å²) in [5.74, 6) is 0.0472. The van der Waals surface area contributed by atoms with Crippen LogP contribution in [0, 0.1) is 0 Å². The molecular weight excluding hydrogens is 334 g/mol. The Balaban J connectivity index is 1.66. The number of anilines is 1. The number of carbonyl (C=O) groups is 2. The molecular formula is C15H19N3O5S. The molecule has 1 aliphatic carbocycles. The normalized spacial score (nSPS) is 17.2. The summed E-state index contributed by atoms with van der Waals surface area (Å²) in [6.45, 7) is -0.0484. The van der Waals surface area contributed by atoms with Gasteiger partial charge in [0.15, 0.2) is 6.61 Å². The summed E-state index contributed by atoms with van der Waals surface area (Å²) in [5, 5.41) is 2.80. The SMILES string of the molecule is CN1C(=O)COc2ccc(S(=O)(=O)NCCC(=O)NC3CC3)cc21. The van der Waals surface area contributed by atoms with Crippen molar-refractivity contribution in [2.75, 3.05) is 25.1 Å². The van der Waals surface area contributed by atoms with Crippen molar-refractivity contribution in [1.29, 1.82) is 0 Å². The van der Waals surface area contributed by atoms with E-state index in [1.54, 1.807) is 7.05 Å². The van der Waals surface area contributed by atoms with Gasteiger partial charge in [0, 0.05) is 26.1 Å². The number of sulfonamides is 1. The molecule has 0 spiro atoms. The van der Waals surface area contributed by atoms with Gasteiger partial charge in [-0.3, -0.25) is 9.59 Å². The molecule has 0 bridgehead atoms. The summed E-state index contributed by atoms with van der Waals surface area (Å²) < 4.78 is 32.3. The van der Waals surface area contributed by atoms with Crippen molar-refractivity contribution in [2.24, 2.45) is 0 Å². The zero-order chi connectivity index (χ0) is 17.3. The molecule has 2 N–H and O–H groups in total. The maximum atomic E-state index is 12.3. The highest BCUT2D eigenvalue weighted by Crippen LogP contribution is 2.33. The van der Waals surface area contributed by atoms with Crippen molar-refractivity contribution in [3.8, 4) is 5.75 Å². The molecule has 2 aliphatic rings. The molecule has 1 aromatic rings. The molecule has 1 saturated carbocycles. The number of benzene rings is 1. The molecule has 0 aromatic heterocycles. The Morgan fingerprint density at radius 2 is 2.12 bits per heavy atom. The van der Waals surface area contributed by atoms with Crippen molar-refractivity contribution in [1.82, 2.24) is 10.0 Å². The second-order valence-electron chi connectivity index (χ2n) is 5.86. The Hall–Kier alpha value is -2.13. The molecule has 8 nitrogen and oxygen atoms in total. The minimum atomic E-state index is -3.77. The Bertz CT molecular complexity index is 773. The van der Waals surface area contributed by atoms with E-state index in [4.69, 9.17) is 4.74 Å². The van der Waals surface area contributed by atoms with Crippen molar-refractivity contribution >= 4 is 27.5 Å². The highest BCUT2D eigenvalue weighted by atomic mass is 32.2. The molecule has 24 heavy (non-hydrogen) atoms. The molecule has 3 rings (SSSR count). The first-order valence-corrected chi connectivity index (χ1v) is 9.17. The van der Waals surface area contributed by atoms with Gasteiger partial charge in [-0.15, -0.1) is 0 Å². The van der Waals surface area contributed by atoms with E-state index in [1.165, 1.54) is 23.1 Å². The van der Waals surface area contributed by atoms with Crippen LogP contribution in [0.15, 0.2) is 23.1 Å². The quantitative estimate of drug-likeness (QED) is 0.748. The van der Waals surface area contributed by atoms with Gasteiger partial charge in [0.25, 0.3) is 5.91 Å². The first kappa shape index (κ1) is 16.7. The van der Waals surface area contributed by atoms with Gasteiger partial charge in [-0.25, -0.2) is 13.1 Å². The smallest absolute Gasteiger partial charge is 0.264 e. The minimum Gasteiger partial charge on any atom is -0.482 e. The third kappa shape index (κ3) is 3.68. The number of rotatable bonds is 6. The Kier molecular flexibility index (Phi) is 4.46. The Morgan fingerprint density at radius 3 is 2.83 bits per heavy atom. The number of nitrogens with zero attached hydrogens (tertiary/aromatic N) is 1. The summed E-state index contributed by atoms with van der Waals surface area (Å²) in [6, 6.07) is 4.57. The van der Waals surface area contributed by atoms with Crippen molar-refractivity contribution < 1.29 is 22.7 Å². The molecule has 0 atom stereocenters. The summed E-state index contributed by atoms with van der Waals surface area (Å²) in [6.07, 6.45) is 2.06. The summed E-state index contributed by atoms with van der Waals surface area (Å²) >= 11 is 0. The third-order valence-corrected chi connectivity index (χ3v) is 5.37. The number of hydrogen-bond donors (Lipinski definition) is 2. The minimum absolute atomic E-state index is 0.0171. The number of hydrogen-bond acceptors (Lipinski definition) is 5. The maximum absolute atomic E-state index is 12.3. The predicted octanol–water partition coefficient (Wildman–Crippen LogP) is -0.0112. The zero-order valence-electron chi connectivity index (χ0n) is 13.2. The second-order valence-corrected chi connectivity index (χ2v) is 7.63. The lowest BCUT2D eigenvalue weighted by Crippen LogP contribution is -2.36. The monoisotopic (exact) mass is 353 g/mol. The lowest BCUT2D eigenvalue weighted by Gasteiger charge is -2.26. The number of carbonyl (C=O) groups excluding carboxylic acids is 2. The molecule has 1 aliphatic heterocycles. The van der Waals surface area contributed by atoms with Crippen LogP contribution in [-0.4, -0.2) is 46.5 Å². The van der Waals surface area contributed by atoms with Gasteiger partial charge in [0.05, 0.1) is 10.6 Å². The fourth-order valence-electron chi connectivity index (χ4n) is 2.33. The topological polar surface area (TPSA) is 105 Å². The third-order valence-electron chi connectivity index (χ3n) is 3.91. The van der Waals surface area contributed by atoms with E-state index in [-0.39, 0.29) is 42.3 Å². The van der Waals surface area contributed by atoms with Gasteiger partial charge < -0.3 is 15.0 Å². The van der Waals surface area contributed by atoms with Gasteiger partial charge >= 0.3 is 0 Å². The number of ether oxygens (including phenoxy) is 1. The van der Waals surface area contributed by atoms with E-state index in [0.717, 1.165) is 12.8 Å². The standard InChI is InChI=1S/C15H19N3O5S/c1-18-12-8-11(4-5-13(12)23-9-15(18)20)24(21,22)16-7-6-14(19)17-10-2-3-10/h4-5,8,10,16H,2-3,6-7,9H2,1H3,(H,17,19). The first-order chi connectivity index (χ1) is 11.4. The molecule has 0 radical (unpaired) electrons. The maximum Gasteiger partial charge on any atom is 0.264 e. The molecule has 1 fully saturated rings. The average Bonchev–Trinajstić information content (AvgIpc) is 3.34. The van der Waals surface area contributed by atoms with Crippen LogP contribution in [0.5, 0.6) is 5.75 Å². The molecule has 1 heterocycles. The van der Waals surface area contributed by atoms with Crippen molar-refractivity contribution in [3.63, 3.8) is 0 Å². The molecule has 0 unspecified atom stereocenters. The highest BCUT2D eigenvalue weighted by molar-refractivity contribution is 7.89.